The van der Waals surface area contributed by atoms with Crippen LogP contribution in [0.4, 0.5) is 5.69 Å². The van der Waals surface area contributed by atoms with E-state index in [4.69, 9.17) is 9.15 Å². The first-order chi connectivity index (χ1) is 16.8. The standard InChI is InChI=1S/C29H28N2O4/c1-5-31-26-15-12-23(29(32)33)19-27(26)35-28(31)18-22-16-20(2)34-25(17-22)9-7-6-8-21-10-13-24(14-11-21)30(3)4/h6-19H,5H2,1-4H3/p+1. The van der Waals surface area contributed by atoms with Gasteiger partial charge in [-0.05, 0) is 61.4 Å². The predicted molar refractivity (Wildman–Crippen MR) is 139 cm³/mol. The molecular weight excluding hydrogens is 440 g/mol. The van der Waals surface area contributed by atoms with E-state index in [0.717, 1.165) is 33.9 Å². The maximum absolute atomic E-state index is 11.3. The van der Waals surface area contributed by atoms with Crippen molar-refractivity contribution in [1.82, 2.24) is 0 Å². The Kier molecular flexibility index (Phi) is 7.01. The van der Waals surface area contributed by atoms with Crippen molar-refractivity contribution in [3.8, 4) is 0 Å². The molecule has 0 aliphatic carbocycles. The maximum atomic E-state index is 11.3. The molecule has 2 heterocycles. The number of fused-ring (bicyclic) bond motifs is 1. The molecule has 1 aliphatic heterocycles. The van der Waals surface area contributed by atoms with Crippen LogP contribution in [0, 0.1) is 0 Å². The van der Waals surface area contributed by atoms with E-state index in [1.54, 1.807) is 18.2 Å². The highest BCUT2D eigenvalue weighted by atomic mass is 16.5. The lowest BCUT2D eigenvalue weighted by Crippen LogP contribution is -2.33. The Labute approximate surface area is 205 Å². The number of hydrogen-bond donors (Lipinski definition) is 1. The van der Waals surface area contributed by atoms with Gasteiger partial charge in [-0.15, -0.1) is 0 Å². The molecule has 3 aromatic rings. The van der Waals surface area contributed by atoms with E-state index in [1.807, 2.05) is 75.0 Å². The summed E-state index contributed by atoms with van der Waals surface area (Å²) < 4.78 is 13.9. The van der Waals surface area contributed by atoms with Crippen LogP contribution in [0.25, 0.3) is 23.3 Å². The number of carboxylic acids is 1. The molecular formula is C29H29N2O4+. The van der Waals surface area contributed by atoms with Crippen LogP contribution in [0.2, 0.25) is 0 Å². The number of allylic oxidation sites excluding steroid dienone is 7. The summed E-state index contributed by atoms with van der Waals surface area (Å²) >= 11 is 0. The molecule has 35 heavy (non-hydrogen) atoms. The van der Waals surface area contributed by atoms with Crippen molar-refractivity contribution in [2.75, 3.05) is 19.0 Å². The van der Waals surface area contributed by atoms with Crippen LogP contribution in [0.5, 0.6) is 0 Å². The molecule has 1 N–H and O–H groups in total. The first-order valence-corrected chi connectivity index (χ1v) is 11.5. The van der Waals surface area contributed by atoms with Crippen LogP contribution < -0.4 is 9.47 Å². The van der Waals surface area contributed by atoms with Gasteiger partial charge in [-0.2, -0.15) is 4.57 Å². The number of benzene rings is 2. The van der Waals surface area contributed by atoms with Gasteiger partial charge in [-0.3, -0.25) is 0 Å². The number of carbonyl (C=O) groups is 1. The zero-order valence-electron chi connectivity index (χ0n) is 20.4. The van der Waals surface area contributed by atoms with Crippen molar-refractivity contribution >= 4 is 34.9 Å². The van der Waals surface area contributed by atoms with Gasteiger partial charge >= 0.3 is 11.9 Å². The summed E-state index contributed by atoms with van der Waals surface area (Å²) in [5.74, 6) is 1.16. The highest BCUT2D eigenvalue weighted by Gasteiger charge is 2.21. The SMILES string of the molecule is CC[n+]1c(/C=C2\C=C(C)OC(/C=C/C=C/c3ccc(N(C)C)cc3)=C2)oc2cc(C(=O)O)ccc21. The summed E-state index contributed by atoms with van der Waals surface area (Å²) in [6.45, 7) is 4.62. The van der Waals surface area contributed by atoms with Crippen LogP contribution in [0.15, 0.2) is 94.4 Å². The van der Waals surface area contributed by atoms with E-state index in [1.165, 1.54) is 0 Å². The van der Waals surface area contributed by atoms with E-state index in [0.29, 0.717) is 18.0 Å². The number of anilines is 1. The monoisotopic (exact) mass is 469 g/mol. The second kappa shape index (κ2) is 10.3. The van der Waals surface area contributed by atoms with Gasteiger partial charge in [0.2, 0.25) is 5.58 Å². The van der Waals surface area contributed by atoms with Crippen molar-refractivity contribution in [3.63, 3.8) is 0 Å². The highest BCUT2D eigenvalue weighted by Crippen LogP contribution is 2.23. The van der Waals surface area contributed by atoms with Gasteiger partial charge < -0.3 is 19.2 Å². The largest absolute Gasteiger partial charge is 0.478 e. The van der Waals surface area contributed by atoms with E-state index in [2.05, 4.69) is 29.2 Å². The summed E-state index contributed by atoms with van der Waals surface area (Å²) in [4.78, 5) is 13.4. The van der Waals surface area contributed by atoms with E-state index >= 15 is 0 Å². The minimum Gasteiger partial charge on any atom is -0.478 e. The van der Waals surface area contributed by atoms with Gasteiger partial charge in [0, 0.05) is 31.9 Å². The summed E-state index contributed by atoms with van der Waals surface area (Å²) in [5, 5.41) is 9.28. The highest BCUT2D eigenvalue weighted by molar-refractivity contribution is 5.91. The van der Waals surface area contributed by atoms with Gasteiger partial charge in [0.25, 0.3) is 5.52 Å². The number of ether oxygens (including phenoxy) is 1. The van der Waals surface area contributed by atoms with Crippen molar-refractivity contribution in [1.29, 1.82) is 0 Å². The average Bonchev–Trinajstić information content (AvgIpc) is 3.17. The van der Waals surface area contributed by atoms with Crippen LogP contribution in [0.3, 0.4) is 0 Å². The molecule has 6 heteroatoms. The van der Waals surface area contributed by atoms with Crippen molar-refractivity contribution in [3.05, 3.63) is 107 Å². The second-order valence-corrected chi connectivity index (χ2v) is 8.42. The fraction of sp³-hybridized carbons (Fsp3) is 0.172. The Morgan fingerprint density at radius 1 is 1.06 bits per heavy atom. The Bertz CT molecular complexity index is 1400. The molecule has 1 aromatic heterocycles. The van der Waals surface area contributed by atoms with E-state index in [-0.39, 0.29) is 5.56 Å². The molecule has 0 atom stereocenters. The maximum Gasteiger partial charge on any atom is 0.374 e. The Balaban J connectivity index is 1.56. The zero-order chi connectivity index (χ0) is 24.9. The van der Waals surface area contributed by atoms with Crippen molar-refractivity contribution in [2.24, 2.45) is 0 Å². The van der Waals surface area contributed by atoms with Crippen LogP contribution in [-0.2, 0) is 11.3 Å². The molecule has 2 aromatic carbocycles. The third-order valence-electron chi connectivity index (χ3n) is 5.61. The molecule has 0 saturated heterocycles. The topological polar surface area (TPSA) is 66.8 Å². The molecule has 0 saturated carbocycles. The summed E-state index contributed by atoms with van der Waals surface area (Å²) in [6.07, 6.45) is 13.7. The molecule has 0 unspecified atom stereocenters. The molecule has 6 nitrogen and oxygen atoms in total. The molecule has 0 fully saturated rings. The third-order valence-corrected chi connectivity index (χ3v) is 5.61. The molecule has 0 radical (unpaired) electrons. The summed E-state index contributed by atoms with van der Waals surface area (Å²) in [6, 6.07) is 13.3. The molecule has 178 valence electrons. The van der Waals surface area contributed by atoms with Crippen LogP contribution in [-0.4, -0.2) is 25.2 Å². The number of aryl methyl sites for hydroxylation is 1. The third kappa shape index (κ3) is 5.61. The quantitative estimate of drug-likeness (QED) is 0.341. The first-order valence-electron chi connectivity index (χ1n) is 11.5. The number of rotatable bonds is 7. The average molecular weight is 470 g/mol. The van der Waals surface area contributed by atoms with Gasteiger partial charge in [0.05, 0.1) is 11.6 Å². The number of aromatic carboxylic acids is 1. The molecule has 4 rings (SSSR count). The number of aromatic nitrogens is 1. The number of hydrogen-bond acceptors (Lipinski definition) is 4. The lowest BCUT2D eigenvalue weighted by molar-refractivity contribution is -0.674. The molecule has 0 spiro atoms. The molecule has 0 bridgehead atoms. The normalized spacial score (nSPS) is 15.0. The van der Waals surface area contributed by atoms with Crippen molar-refractivity contribution in [2.45, 2.75) is 20.4 Å². The lowest BCUT2D eigenvalue weighted by Gasteiger charge is -2.12. The van der Waals surface area contributed by atoms with Gasteiger partial charge in [0.1, 0.15) is 18.1 Å². The predicted octanol–water partition coefficient (Wildman–Crippen LogP) is 5.98. The Morgan fingerprint density at radius 3 is 2.49 bits per heavy atom. The van der Waals surface area contributed by atoms with E-state index in [9.17, 15) is 9.90 Å². The van der Waals surface area contributed by atoms with Gasteiger partial charge in [-0.1, -0.05) is 30.4 Å². The minimum atomic E-state index is -0.978. The Morgan fingerprint density at radius 2 is 1.80 bits per heavy atom. The van der Waals surface area contributed by atoms with Crippen molar-refractivity contribution < 1.29 is 23.6 Å². The Hall–Kier alpha value is -4.32. The first kappa shape index (κ1) is 23.8. The zero-order valence-corrected chi connectivity index (χ0v) is 20.4. The number of nitrogens with zero attached hydrogens (tertiary/aromatic N) is 2. The van der Waals surface area contributed by atoms with Crippen LogP contribution in [0.1, 0.15) is 35.7 Å². The molecule has 1 aliphatic rings. The van der Waals surface area contributed by atoms with Gasteiger partial charge in [0.15, 0.2) is 0 Å². The lowest BCUT2D eigenvalue weighted by atomic mass is 10.1. The van der Waals surface area contributed by atoms with Gasteiger partial charge in [-0.25, -0.2) is 4.79 Å². The molecule has 0 amide bonds. The summed E-state index contributed by atoms with van der Waals surface area (Å²) in [7, 11) is 4.05. The number of carboxylic acid groups (broad SMARTS) is 1. The summed E-state index contributed by atoms with van der Waals surface area (Å²) in [5.41, 5.74) is 4.80. The fourth-order valence-corrected chi connectivity index (χ4v) is 3.87. The van der Waals surface area contributed by atoms with E-state index < -0.39 is 5.97 Å². The fourth-order valence-electron chi connectivity index (χ4n) is 3.87. The second-order valence-electron chi connectivity index (χ2n) is 8.42. The smallest absolute Gasteiger partial charge is 0.374 e. The number of oxazole rings is 1. The minimum absolute atomic E-state index is 0.199. The van der Waals surface area contributed by atoms with Crippen LogP contribution >= 0.6 is 0 Å².